The predicted molar refractivity (Wildman–Crippen MR) is 190 cm³/mol. The van der Waals surface area contributed by atoms with Gasteiger partial charge in [-0.05, 0) is 70.9 Å². The summed E-state index contributed by atoms with van der Waals surface area (Å²) in [6.07, 6.45) is 1.86. The van der Waals surface area contributed by atoms with E-state index in [9.17, 15) is 18.0 Å². The van der Waals surface area contributed by atoms with E-state index >= 15 is 8.78 Å². The summed E-state index contributed by atoms with van der Waals surface area (Å²) in [5.74, 6) is 1.39. The Labute approximate surface area is 308 Å². The summed E-state index contributed by atoms with van der Waals surface area (Å²) in [6, 6.07) is 7.55. The Morgan fingerprint density at radius 2 is 1.85 bits per heavy atom. The molecule has 4 aliphatic rings. The maximum absolute atomic E-state index is 17.2. The largest absolute Gasteiger partial charge is 0.522 e. The van der Waals surface area contributed by atoms with Crippen molar-refractivity contribution >= 4 is 33.6 Å². The van der Waals surface area contributed by atoms with Gasteiger partial charge in [0, 0.05) is 43.2 Å². The average molecular weight is 751 g/mol. The van der Waals surface area contributed by atoms with Crippen molar-refractivity contribution in [2.45, 2.75) is 82.5 Å². The highest BCUT2D eigenvalue weighted by atomic mass is 19.4. The number of nitrogens with zero attached hydrogens (tertiary/aromatic N) is 6. The Balaban J connectivity index is 1.23. The van der Waals surface area contributed by atoms with E-state index in [1.54, 1.807) is 49.9 Å². The van der Waals surface area contributed by atoms with Crippen molar-refractivity contribution in [3.05, 3.63) is 53.2 Å². The molecule has 1 amide bonds. The van der Waals surface area contributed by atoms with Gasteiger partial charge in [0.25, 0.3) is 0 Å². The van der Waals surface area contributed by atoms with Crippen molar-refractivity contribution in [3.63, 3.8) is 0 Å². The molecule has 0 bridgehead atoms. The molecule has 0 spiro atoms. The van der Waals surface area contributed by atoms with Crippen LogP contribution in [0.4, 0.5) is 32.6 Å². The number of anilines is 1. The van der Waals surface area contributed by atoms with Gasteiger partial charge in [-0.3, -0.25) is 9.64 Å². The number of aromatic nitrogens is 3. The summed E-state index contributed by atoms with van der Waals surface area (Å²) >= 11 is 0. The molecule has 0 N–H and O–H groups in total. The number of terminal acetylenes is 1. The van der Waals surface area contributed by atoms with E-state index < -0.39 is 41.3 Å². The molecule has 15 heteroatoms. The third-order valence-corrected chi connectivity index (χ3v) is 10.9. The van der Waals surface area contributed by atoms with Crippen LogP contribution in [0.3, 0.4) is 0 Å². The highest BCUT2D eigenvalue weighted by molar-refractivity contribution is 6.02. The zero-order chi connectivity index (χ0) is 38.2. The molecular weight excluding hydrogens is 711 g/mol. The fourth-order valence-electron chi connectivity index (χ4n) is 8.64. The van der Waals surface area contributed by atoms with Crippen LogP contribution in [-0.2, 0) is 15.9 Å². The number of pyridine rings is 1. The zero-order valence-electron chi connectivity index (χ0n) is 30.1. The molecule has 1 unspecified atom stereocenters. The smallest absolute Gasteiger partial charge is 0.461 e. The highest BCUT2D eigenvalue weighted by Crippen LogP contribution is 2.44. The van der Waals surface area contributed by atoms with Crippen LogP contribution in [0.1, 0.15) is 57.7 Å². The number of carbonyl (C=O) groups is 1. The first kappa shape index (κ1) is 36.2. The molecule has 3 saturated heterocycles. The Kier molecular flexibility index (Phi) is 8.84. The second-order valence-corrected chi connectivity index (χ2v) is 15.5. The lowest BCUT2D eigenvalue weighted by Gasteiger charge is -2.41. The van der Waals surface area contributed by atoms with E-state index in [2.05, 4.69) is 15.6 Å². The number of ether oxygens (including phenoxy) is 3. The number of hydrogen-bond acceptors (Lipinski definition) is 9. The third kappa shape index (κ3) is 6.53. The number of rotatable bonds is 5. The molecule has 2 aromatic carbocycles. The Hall–Kier alpha value is -4.81. The number of amides is 1. The molecule has 3 atom stereocenters. The minimum Gasteiger partial charge on any atom is -0.461 e. The third-order valence-electron chi connectivity index (χ3n) is 10.9. The summed E-state index contributed by atoms with van der Waals surface area (Å²) in [6.45, 7) is 7.04. The second-order valence-electron chi connectivity index (χ2n) is 15.5. The lowest BCUT2D eigenvalue weighted by atomic mass is 9.94. The van der Waals surface area contributed by atoms with Crippen LogP contribution in [0.15, 0.2) is 30.3 Å². The van der Waals surface area contributed by atoms with Gasteiger partial charge in [-0.2, -0.15) is 9.97 Å². The van der Waals surface area contributed by atoms with Crippen LogP contribution in [0.5, 0.6) is 6.01 Å². The highest BCUT2D eigenvalue weighted by Gasteiger charge is 2.52. The van der Waals surface area contributed by atoms with Crippen molar-refractivity contribution in [1.29, 1.82) is 0 Å². The molecule has 0 radical (unpaired) electrons. The van der Waals surface area contributed by atoms with E-state index in [-0.39, 0.29) is 48.4 Å². The predicted octanol–water partition coefficient (Wildman–Crippen LogP) is 7.00. The molecule has 0 aliphatic carbocycles. The van der Waals surface area contributed by atoms with Crippen LogP contribution >= 0.6 is 0 Å². The molecular formula is C39H39F5N6O4. The van der Waals surface area contributed by atoms with Crippen LogP contribution in [-0.4, -0.2) is 99.8 Å². The lowest BCUT2D eigenvalue weighted by molar-refractivity contribution is -0.340. The van der Waals surface area contributed by atoms with Crippen molar-refractivity contribution in [1.82, 2.24) is 24.8 Å². The van der Waals surface area contributed by atoms with Gasteiger partial charge in [0.2, 0.25) is 0 Å². The minimum absolute atomic E-state index is 0.0215. The number of hydrogen-bond donors (Lipinski definition) is 0. The summed E-state index contributed by atoms with van der Waals surface area (Å²) in [5.41, 5.74) is -0.778. The molecule has 284 valence electrons. The van der Waals surface area contributed by atoms with Crippen molar-refractivity contribution in [2.75, 3.05) is 44.2 Å². The van der Waals surface area contributed by atoms with Crippen LogP contribution in [0.2, 0.25) is 0 Å². The Morgan fingerprint density at radius 1 is 1.04 bits per heavy atom. The first-order valence-corrected chi connectivity index (χ1v) is 18.1. The number of aryl methyl sites for hydroxylation is 1. The molecule has 0 saturated carbocycles. The van der Waals surface area contributed by atoms with Crippen LogP contribution in [0, 0.1) is 24.0 Å². The monoisotopic (exact) mass is 750 g/mol. The molecule has 8 rings (SSSR count). The first-order valence-electron chi connectivity index (χ1n) is 18.1. The molecule has 6 heterocycles. The topological polar surface area (TPSA) is 93.2 Å². The number of carbonyl (C=O) groups excluding carboxylic acids is 1. The van der Waals surface area contributed by atoms with Gasteiger partial charge in [0.05, 0.1) is 28.3 Å². The van der Waals surface area contributed by atoms with Crippen LogP contribution in [0.25, 0.3) is 32.9 Å². The maximum atomic E-state index is 17.2. The maximum Gasteiger partial charge on any atom is 0.522 e. The quantitative estimate of drug-likeness (QED) is 0.158. The molecule has 4 aliphatic heterocycles. The molecule has 3 fully saturated rings. The summed E-state index contributed by atoms with van der Waals surface area (Å²) in [5, 5.41) is 1.33. The molecule has 54 heavy (non-hydrogen) atoms. The second kappa shape index (κ2) is 13.2. The van der Waals surface area contributed by atoms with E-state index in [0.717, 1.165) is 6.42 Å². The van der Waals surface area contributed by atoms with Gasteiger partial charge in [-0.15, -0.1) is 19.6 Å². The Bertz CT molecular complexity index is 2200. The van der Waals surface area contributed by atoms with E-state index in [4.69, 9.17) is 25.9 Å². The van der Waals surface area contributed by atoms with Gasteiger partial charge < -0.3 is 19.3 Å². The van der Waals surface area contributed by atoms with E-state index in [0.29, 0.717) is 78.7 Å². The first-order chi connectivity index (χ1) is 25.6. The number of fused-ring (bicyclic) bond motifs is 4. The average Bonchev–Trinajstić information content (AvgIpc) is 3.59. The normalized spacial score (nSPS) is 22.9. The molecule has 10 nitrogen and oxygen atoms in total. The zero-order valence-corrected chi connectivity index (χ0v) is 30.1. The van der Waals surface area contributed by atoms with Gasteiger partial charge >= 0.3 is 18.5 Å². The van der Waals surface area contributed by atoms with Gasteiger partial charge in [0.1, 0.15) is 35.1 Å². The summed E-state index contributed by atoms with van der Waals surface area (Å²) in [7, 11) is 0. The summed E-state index contributed by atoms with van der Waals surface area (Å²) in [4.78, 5) is 33.1. The molecule has 4 aromatic rings. The number of benzene rings is 2. The number of piperazine rings is 1. The number of alkyl halides is 3. The molecule has 2 aromatic heterocycles. The van der Waals surface area contributed by atoms with Crippen molar-refractivity contribution in [2.24, 2.45) is 0 Å². The van der Waals surface area contributed by atoms with Gasteiger partial charge in [-0.25, -0.2) is 18.6 Å². The van der Waals surface area contributed by atoms with Gasteiger partial charge in [0.15, 0.2) is 5.82 Å². The van der Waals surface area contributed by atoms with Crippen LogP contribution < -0.4 is 9.64 Å². The number of halogens is 5. The fourth-order valence-corrected chi connectivity index (χ4v) is 8.64. The standard InChI is InChI=1S/C39H39F5N6O4/c1-5-25-27(40)12-10-22-8-6-9-26(29(22)25)32-31(41)33-30-28(45-32)13-11-23-19-48(36(51)54-37(2,3)4)16-17-50(23)34(30)47-35(46-33)52-21-38-14-7-15-49(38)20-24(18-38)53-39(42,43)44/h1,6,8-10,12,23-24H,7,11,13-21H2,2-4H3/t23?,24-,38-/m1/s1. The SMILES string of the molecule is C#Cc1c(F)ccc2cccc(-c3nc4c5c(nc(OC[C@]67CCCN6C[C@H](OC(F)(F)F)C7)nc5c3F)N3CCN(C(=O)OC(C)(C)C)CC3CC4)c12. The van der Waals surface area contributed by atoms with Crippen molar-refractivity contribution in [3.8, 4) is 29.6 Å². The van der Waals surface area contributed by atoms with Gasteiger partial charge in [-0.1, -0.05) is 30.2 Å². The van der Waals surface area contributed by atoms with Crippen molar-refractivity contribution < 1.29 is 41.0 Å². The Morgan fingerprint density at radius 3 is 2.61 bits per heavy atom. The lowest BCUT2D eigenvalue weighted by Crippen LogP contribution is -2.55. The fraction of sp³-hybridized carbons (Fsp3) is 0.487. The van der Waals surface area contributed by atoms with E-state index in [1.807, 2.05) is 9.80 Å². The van der Waals surface area contributed by atoms with E-state index in [1.165, 1.54) is 6.07 Å². The minimum atomic E-state index is -4.77. The summed E-state index contributed by atoms with van der Waals surface area (Å²) < 4.78 is 88.1.